The summed E-state index contributed by atoms with van der Waals surface area (Å²) in [6.07, 6.45) is 1.55. The highest BCUT2D eigenvalue weighted by Crippen LogP contribution is 2.27. The first-order valence-corrected chi connectivity index (χ1v) is 6.29. The number of pyridine rings is 1. The summed E-state index contributed by atoms with van der Waals surface area (Å²) in [6.45, 7) is 3.56. The van der Waals surface area contributed by atoms with E-state index in [1.807, 2.05) is 6.92 Å². The topological polar surface area (TPSA) is 50.7 Å². The molecule has 0 saturated carbocycles. The highest BCUT2D eigenvalue weighted by molar-refractivity contribution is 6.35. The molecule has 0 spiro atoms. The molecule has 3 heterocycles. The molecule has 0 unspecified atom stereocenters. The van der Waals surface area contributed by atoms with E-state index in [4.69, 9.17) is 23.2 Å². The van der Waals surface area contributed by atoms with Crippen LogP contribution in [0.5, 0.6) is 0 Å². The van der Waals surface area contributed by atoms with Crippen molar-refractivity contribution in [2.24, 2.45) is 0 Å². The van der Waals surface area contributed by atoms with E-state index in [0.717, 1.165) is 24.5 Å². The summed E-state index contributed by atoms with van der Waals surface area (Å²) in [6, 6.07) is 1.65. The quantitative estimate of drug-likeness (QED) is 0.873. The molecule has 1 aliphatic heterocycles. The predicted octanol–water partition coefficient (Wildman–Crippen LogP) is 2.76. The zero-order valence-corrected chi connectivity index (χ0v) is 11.2. The summed E-state index contributed by atoms with van der Waals surface area (Å²) < 4.78 is 0. The number of hydrogen-bond donors (Lipinski definition) is 1. The molecule has 2 aromatic rings. The van der Waals surface area contributed by atoms with Crippen molar-refractivity contribution in [2.75, 3.05) is 0 Å². The Balaban J connectivity index is 2.15. The van der Waals surface area contributed by atoms with E-state index < -0.39 is 0 Å². The lowest BCUT2D eigenvalue weighted by Gasteiger charge is -2.07. The number of fused-ring (bicyclic) bond motifs is 1. The van der Waals surface area contributed by atoms with Gasteiger partial charge in [0.2, 0.25) is 0 Å². The van der Waals surface area contributed by atoms with Crippen molar-refractivity contribution in [1.29, 1.82) is 0 Å². The third-order valence-electron chi connectivity index (χ3n) is 2.91. The fourth-order valence-electron chi connectivity index (χ4n) is 2.02. The van der Waals surface area contributed by atoms with Crippen LogP contribution >= 0.6 is 23.2 Å². The maximum Gasteiger partial charge on any atom is 0.180 e. The summed E-state index contributed by atoms with van der Waals surface area (Å²) in [5.74, 6) is 0.552. The van der Waals surface area contributed by atoms with Crippen molar-refractivity contribution in [3.8, 4) is 11.5 Å². The second kappa shape index (κ2) is 4.46. The van der Waals surface area contributed by atoms with E-state index in [9.17, 15) is 0 Å². The molecule has 0 atom stereocenters. The lowest BCUT2D eigenvalue weighted by atomic mass is 10.2. The van der Waals surface area contributed by atoms with E-state index in [2.05, 4.69) is 20.3 Å². The Hall–Kier alpha value is -1.23. The SMILES string of the molecule is Cc1nc(-c2ncc(Cl)cc2Cl)nc2c1CNC2. The molecule has 18 heavy (non-hydrogen) atoms. The van der Waals surface area contributed by atoms with Crippen LogP contribution in [0.15, 0.2) is 12.3 Å². The highest BCUT2D eigenvalue weighted by Gasteiger charge is 2.18. The number of hydrogen-bond acceptors (Lipinski definition) is 4. The number of aromatic nitrogens is 3. The van der Waals surface area contributed by atoms with Gasteiger partial charge in [0, 0.05) is 30.5 Å². The van der Waals surface area contributed by atoms with Gasteiger partial charge < -0.3 is 5.32 Å². The van der Waals surface area contributed by atoms with Gasteiger partial charge in [0.25, 0.3) is 0 Å². The number of halogens is 2. The Morgan fingerprint density at radius 2 is 2.06 bits per heavy atom. The van der Waals surface area contributed by atoms with Crippen molar-refractivity contribution >= 4 is 23.2 Å². The first kappa shape index (κ1) is 11.8. The Bertz CT molecular complexity index is 628. The first-order valence-electron chi connectivity index (χ1n) is 5.53. The molecular formula is C12H10Cl2N4. The molecule has 1 N–H and O–H groups in total. The van der Waals surface area contributed by atoms with Gasteiger partial charge in [-0.15, -0.1) is 0 Å². The average Bonchev–Trinajstić information content (AvgIpc) is 2.77. The Labute approximate surface area is 114 Å². The molecular weight excluding hydrogens is 271 g/mol. The lowest BCUT2D eigenvalue weighted by Crippen LogP contribution is -2.01. The molecule has 0 saturated heterocycles. The Morgan fingerprint density at radius 3 is 2.83 bits per heavy atom. The van der Waals surface area contributed by atoms with Crippen molar-refractivity contribution in [3.05, 3.63) is 39.3 Å². The maximum absolute atomic E-state index is 6.12. The smallest absolute Gasteiger partial charge is 0.180 e. The van der Waals surface area contributed by atoms with E-state index in [0.29, 0.717) is 21.6 Å². The van der Waals surface area contributed by atoms with Crippen molar-refractivity contribution < 1.29 is 0 Å². The van der Waals surface area contributed by atoms with E-state index >= 15 is 0 Å². The predicted molar refractivity (Wildman–Crippen MR) is 70.6 cm³/mol. The van der Waals surface area contributed by atoms with E-state index in [1.165, 1.54) is 5.56 Å². The molecule has 1 aliphatic rings. The fourth-order valence-corrected chi connectivity index (χ4v) is 2.49. The molecule has 92 valence electrons. The Kier molecular flexibility index (Phi) is 2.93. The summed E-state index contributed by atoms with van der Waals surface area (Å²) in [4.78, 5) is 13.2. The number of aryl methyl sites for hydroxylation is 1. The normalized spacial score (nSPS) is 13.7. The number of rotatable bonds is 1. The van der Waals surface area contributed by atoms with Crippen LogP contribution < -0.4 is 5.32 Å². The van der Waals surface area contributed by atoms with E-state index in [-0.39, 0.29) is 0 Å². The van der Waals surface area contributed by atoms with Crippen LogP contribution in [0.2, 0.25) is 10.0 Å². The first-order chi connectivity index (χ1) is 8.65. The average molecular weight is 281 g/mol. The molecule has 0 amide bonds. The standard InChI is InChI=1S/C12H10Cl2N4/c1-6-8-4-15-5-10(8)18-12(17-6)11-9(14)2-7(13)3-16-11/h2-3,15H,4-5H2,1H3. The molecule has 0 radical (unpaired) electrons. The molecule has 4 nitrogen and oxygen atoms in total. The van der Waals surface area contributed by atoms with Gasteiger partial charge in [0.05, 0.1) is 15.7 Å². The van der Waals surface area contributed by atoms with Gasteiger partial charge in [0.15, 0.2) is 5.82 Å². The highest BCUT2D eigenvalue weighted by atomic mass is 35.5. The third kappa shape index (κ3) is 1.96. The second-order valence-electron chi connectivity index (χ2n) is 4.15. The van der Waals surface area contributed by atoms with Gasteiger partial charge in [-0.25, -0.2) is 15.0 Å². The number of nitrogens with one attached hydrogen (secondary N) is 1. The minimum atomic E-state index is 0.466. The van der Waals surface area contributed by atoms with Gasteiger partial charge in [-0.1, -0.05) is 23.2 Å². The van der Waals surface area contributed by atoms with Crippen LogP contribution in [0.4, 0.5) is 0 Å². The van der Waals surface area contributed by atoms with Crippen molar-refractivity contribution in [2.45, 2.75) is 20.0 Å². The Morgan fingerprint density at radius 1 is 1.22 bits per heavy atom. The molecule has 6 heteroatoms. The van der Waals surface area contributed by atoms with Crippen molar-refractivity contribution in [3.63, 3.8) is 0 Å². The molecule has 0 fully saturated rings. The minimum absolute atomic E-state index is 0.466. The minimum Gasteiger partial charge on any atom is -0.307 e. The number of nitrogens with zero attached hydrogens (tertiary/aromatic N) is 3. The zero-order valence-electron chi connectivity index (χ0n) is 9.67. The van der Waals surface area contributed by atoms with E-state index in [1.54, 1.807) is 12.3 Å². The molecule has 0 bridgehead atoms. The third-order valence-corrected chi connectivity index (χ3v) is 3.41. The van der Waals surface area contributed by atoms with Crippen LogP contribution in [0.3, 0.4) is 0 Å². The summed E-state index contributed by atoms with van der Waals surface area (Å²) >= 11 is 12.0. The van der Waals surface area contributed by atoms with Crippen LogP contribution in [-0.4, -0.2) is 15.0 Å². The van der Waals surface area contributed by atoms with Gasteiger partial charge in [-0.3, -0.25) is 0 Å². The largest absolute Gasteiger partial charge is 0.307 e. The fraction of sp³-hybridized carbons (Fsp3) is 0.250. The van der Waals surface area contributed by atoms with Crippen LogP contribution in [0.25, 0.3) is 11.5 Å². The molecule has 2 aromatic heterocycles. The second-order valence-corrected chi connectivity index (χ2v) is 4.99. The van der Waals surface area contributed by atoms with Gasteiger partial charge in [-0.05, 0) is 13.0 Å². The monoisotopic (exact) mass is 280 g/mol. The van der Waals surface area contributed by atoms with Gasteiger partial charge >= 0.3 is 0 Å². The summed E-state index contributed by atoms with van der Waals surface area (Å²) in [7, 11) is 0. The van der Waals surface area contributed by atoms with Gasteiger partial charge in [0.1, 0.15) is 5.69 Å². The zero-order chi connectivity index (χ0) is 12.7. The summed E-state index contributed by atoms with van der Waals surface area (Å²) in [5, 5.41) is 4.22. The molecule has 0 aromatic carbocycles. The molecule has 3 rings (SSSR count). The van der Waals surface area contributed by atoms with Crippen LogP contribution in [0, 0.1) is 6.92 Å². The van der Waals surface area contributed by atoms with Crippen molar-refractivity contribution in [1.82, 2.24) is 20.3 Å². The van der Waals surface area contributed by atoms with Crippen LogP contribution in [-0.2, 0) is 13.1 Å². The lowest BCUT2D eigenvalue weighted by molar-refractivity contribution is 0.757. The summed E-state index contributed by atoms with van der Waals surface area (Å²) in [5.41, 5.74) is 3.72. The molecule has 0 aliphatic carbocycles. The van der Waals surface area contributed by atoms with Gasteiger partial charge in [-0.2, -0.15) is 0 Å². The van der Waals surface area contributed by atoms with Crippen LogP contribution in [0.1, 0.15) is 17.0 Å². The maximum atomic E-state index is 6.12.